The van der Waals surface area contributed by atoms with Gasteiger partial charge in [0.2, 0.25) is 0 Å². The van der Waals surface area contributed by atoms with Crippen molar-refractivity contribution in [3.8, 4) is 0 Å². The predicted molar refractivity (Wildman–Crippen MR) is 78.8 cm³/mol. The minimum Gasteiger partial charge on any atom is -0.387 e. The molecule has 1 N–H and O–H groups in total. The highest BCUT2D eigenvalue weighted by molar-refractivity contribution is 7.99. The van der Waals surface area contributed by atoms with Gasteiger partial charge in [0.25, 0.3) is 0 Å². The summed E-state index contributed by atoms with van der Waals surface area (Å²) in [7, 11) is 0. The van der Waals surface area contributed by atoms with Crippen LogP contribution < -0.4 is 0 Å². The molecular weight excluding hydrogens is 274 g/mol. The fraction of sp³-hybridized carbons (Fsp3) is 0.857. The van der Waals surface area contributed by atoms with E-state index >= 15 is 0 Å². The summed E-state index contributed by atoms with van der Waals surface area (Å²) in [5.74, 6) is 2.40. The first-order valence-corrected chi connectivity index (χ1v) is 8.69. The second-order valence-electron chi connectivity index (χ2n) is 5.84. The first kappa shape index (κ1) is 14.4. The maximum absolute atomic E-state index is 9.84. The molecule has 0 bridgehead atoms. The fourth-order valence-electron chi connectivity index (χ4n) is 3.15. The van der Waals surface area contributed by atoms with Crippen LogP contribution in [0.2, 0.25) is 0 Å². The van der Waals surface area contributed by atoms with E-state index in [4.69, 9.17) is 4.74 Å². The van der Waals surface area contributed by atoms with E-state index < -0.39 is 6.10 Å². The van der Waals surface area contributed by atoms with Crippen LogP contribution in [0.15, 0.2) is 6.20 Å². The lowest BCUT2D eigenvalue weighted by Gasteiger charge is -2.43. The summed E-state index contributed by atoms with van der Waals surface area (Å²) in [6.45, 7) is 2.76. The molecule has 0 aromatic carbocycles. The Morgan fingerprint density at radius 2 is 2.35 bits per heavy atom. The third-order valence-corrected chi connectivity index (χ3v) is 5.49. The molecule has 2 fully saturated rings. The highest BCUT2D eigenvalue weighted by Gasteiger charge is 2.39. The van der Waals surface area contributed by atoms with Gasteiger partial charge in [-0.1, -0.05) is 12.1 Å². The molecule has 0 amide bonds. The average Bonchev–Trinajstić information content (AvgIpc) is 2.97. The van der Waals surface area contributed by atoms with Gasteiger partial charge in [0.05, 0.1) is 23.9 Å². The van der Waals surface area contributed by atoms with Crippen molar-refractivity contribution >= 4 is 11.8 Å². The number of hydrogen-bond donors (Lipinski definition) is 1. The first-order chi connectivity index (χ1) is 9.72. The zero-order valence-electron chi connectivity index (χ0n) is 12.0. The lowest BCUT2D eigenvalue weighted by Crippen LogP contribution is -2.43. The van der Waals surface area contributed by atoms with E-state index in [0.717, 1.165) is 32.3 Å². The summed E-state index contributed by atoms with van der Waals surface area (Å²) in [6, 6.07) is 0.358. The lowest BCUT2D eigenvalue weighted by molar-refractivity contribution is -0.100. The second-order valence-corrected chi connectivity index (χ2v) is 7.06. The first-order valence-electron chi connectivity index (χ1n) is 7.54. The van der Waals surface area contributed by atoms with Crippen LogP contribution in [0.4, 0.5) is 0 Å². The average molecular weight is 297 g/mol. The minimum absolute atomic E-state index is 0.0592. The standard InChI is InChI=1S/C14H23N3O2S/c1-2-13(18)12-10-17(16-15-12)11-3-6-19-14(9-11)4-7-20-8-5-14/h10-11,13,18H,2-9H2,1H3. The van der Waals surface area contributed by atoms with Crippen LogP contribution in [0.3, 0.4) is 0 Å². The highest BCUT2D eigenvalue weighted by Crippen LogP contribution is 2.41. The third-order valence-electron chi connectivity index (χ3n) is 4.50. The van der Waals surface area contributed by atoms with Crippen LogP contribution in [0.5, 0.6) is 0 Å². The summed E-state index contributed by atoms with van der Waals surface area (Å²) in [5, 5.41) is 18.2. The molecule has 3 heterocycles. The van der Waals surface area contributed by atoms with Crippen LogP contribution in [-0.2, 0) is 4.74 Å². The molecule has 2 saturated heterocycles. The topological polar surface area (TPSA) is 60.2 Å². The Kier molecular flexibility index (Phi) is 4.33. The summed E-state index contributed by atoms with van der Waals surface area (Å²) >= 11 is 2.02. The van der Waals surface area contributed by atoms with Gasteiger partial charge < -0.3 is 9.84 Å². The van der Waals surface area contributed by atoms with Gasteiger partial charge in [-0.25, -0.2) is 4.68 Å². The second kappa shape index (κ2) is 6.03. The Hall–Kier alpha value is -0.590. The molecular formula is C14H23N3O2S. The van der Waals surface area contributed by atoms with E-state index in [-0.39, 0.29) is 5.60 Å². The van der Waals surface area contributed by atoms with E-state index in [9.17, 15) is 5.11 Å². The third kappa shape index (κ3) is 2.87. The number of ether oxygens (including phenoxy) is 1. The molecule has 2 aliphatic rings. The van der Waals surface area contributed by atoms with E-state index in [2.05, 4.69) is 10.3 Å². The van der Waals surface area contributed by atoms with Gasteiger partial charge in [-0.05, 0) is 43.6 Å². The van der Waals surface area contributed by atoms with E-state index in [0.29, 0.717) is 18.2 Å². The lowest BCUT2D eigenvalue weighted by atomic mass is 9.85. The van der Waals surface area contributed by atoms with Gasteiger partial charge in [0, 0.05) is 6.61 Å². The molecule has 0 aliphatic carbocycles. The molecule has 3 rings (SSSR count). The van der Waals surface area contributed by atoms with Gasteiger partial charge in [-0.3, -0.25) is 0 Å². The zero-order chi connectivity index (χ0) is 14.0. The number of thioether (sulfide) groups is 1. The van der Waals surface area contributed by atoms with Crippen molar-refractivity contribution in [2.75, 3.05) is 18.1 Å². The van der Waals surface area contributed by atoms with Crippen molar-refractivity contribution in [3.05, 3.63) is 11.9 Å². The number of aliphatic hydroxyl groups is 1. The van der Waals surface area contributed by atoms with Crippen molar-refractivity contribution in [2.24, 2.45) is 0 Å². The summed E-state index contributed by atoms with van der Waals surface area (Å²) in [4.78, 5) is 0. The molecule has 1 aromatic heterocycles. The molecule has 2 unspecified atom stereocenters. The predicted octanol–water partition coefficient (Wildman–Crippen LogP) is 2.34. The Bertz CT molecular complexity index is 440. The highest BCUT2D eigenvalue weighted by atomic mass is 32.2. The van der Waals surface area contributed by atoms with E-state index in [1.807, 2.05) is 29.6 Å². The fourth-order valence-corrected chi connectivity index (χ4v) is 4.39. The monoisotopic (exact) mass is 297 g/mol. The number of rotatable bonds is 3. The van der Waals surface area contributed by atoms with Crippen LogP contribution >= 0.6 is 11.8 Å². The molecule has 5 nitrogen and oxygen atoms in total. The van der Waals surface area contributed by atoms with Gasteiger partial charge in [-0.15, -0.1) is 5.10 Å². The summed E-state index contributed by atoms with van der Waals surface area (Å²) in [5.41, 5.74) is 0.746. The molecule has 1 spiro atoms. The maximum atomic E-state index is 9.84. The number of aromatic nitrogens is 3. The van der Waals surface area contributed by atoms with Gasteiger partial charge in [0.15, 0.2) is 0 Å². The maximum Gasteiger partial charge on any atom is 0.111 e. The van der Waals surface area contributed by atoms with Crippen molar-refractivity contribution in [3.63, 3.8) is 0 Å². The Labute approximate surface area is 124 Å². The Morgan fingerprint density at radius 3 is 3.10 bits per heavy atom. The van der Waals surface area contributed by atoms with Gasteiger partial charge in [-0.2, -0.15) is 11.8 Å². The largest absolute Gasteiger partial charge is 0.387 e. The van der Waals surface area contributed by atoms with Gasteiger partial charge in [0.1, 0.15) is 5.69 Å². The van der Waals surface area contributed by atoms with Crippen molar-refractivity contribution < 1.29 is 9.84 Å². The summed E-state index contributed by atoms with van der Waals surface area (Å²) < 4.78 is 8.05. The number of nitrogens with zero attached hydrogens (tertiary/aromatic N) is 3. The molecule has 0 radical (unpaired) electrons. The van der Waals surface area contributed by atoms with Gasteiger partial charge >= 0.3 is 0 Å². The van der Waals surface area contributed by atoms with E-state index in [1.54, 1.807) is 0 Å². The molecule has 0 saturated carbocycles. The Balaban J connectivity index is 1.71. The van der Waals surface area contributed by atoms with Crippen LogP contribution in [0.25, 0.3) is 0 Å². The molecule has 20 heavy (non-hydrogen) atoms. The molecule has 2 atom stereocenters. The Morgan fingerprint density at radius 1 is 1.55 bits per heavy atom. The number of aliphatic hydroxyl groups excluding tert-OH is 1. The van der Waals surface area contributed by atoms with Crippen molar-refractivity contribution in [2.45, 2.75) is 56.8 Å². The normalized spacial score (nSPS) is 27.6. The quantitative estimate of drug-likeness (QED) is 0.928. The summed E-state index contributed by atoms with van der Waals surface area (Å²) in [6.07, 6.45) is 6.39. The van der Waals surface area contributed by atoms with Crippen molar-refractivity contribution in [1.29, 1.82) is 0 Å². The molecule has 112 valence electrons. The van der Waals surface area contributed by atoms with Crippen LogP contribution in [-0.4, -0.2) is 43.8 Å². The van der Waals surface area contributed by atoms with E-state index in [1.165, 1.54) is 11.5 Å². The number of hydrogen-bond acceptors (Lipinski definition) is 5. The molecule has 1 aromatic rings. The molecule has 2 aliphatic heterocycles. The SMILES string of the molecule is CCC(O)c1cn(C2CCOC3(CCSCC3)C2)nn1. The van der Waals surface area contributed by atoms with Crippen LogP contribution in [0.1, 0.15) is 56.9 Å². The smallest absolute Gasteiger partial charge is 0.111 e. The zero-order valence-corrected chi connectivity index (χ0v) is 12.8. The van der Waals surface area contributed by atoms with Crippen molar-refractivity contribution in [1.82, 2.24) is 15.0 Å². The minimum atomic E-state index is -0.497. The molecule has 6 heteroatoms. The van der Waals surface area contributed by atoms with Crippen LogP contribution in [0, 0.1) is 0 Å².